The summed E-state index contributed by atoms with van der Waals surface area (Å²) in [6, 6.07) is 3.42. The summed E-state index contributed by atoms with van der Waals surface area (Å²) in [7, 11) is 1.47. The average molecular weight is 483 g/mol. The molecular weight excluding hydrogens is 468 g/mol. The van der Waals surface area contributed by atoms with Gasteiger partial charge < -0.3 is 10.1 Å². The van der Waals surface area contributed by atoms with Gasteiger partial charge in [-0.15, -0.1) is 0 Å². The molecule has 4 heterocycles. The van der Waals surface area contributed by atoms with Crippen molar-refractivity contribution in [3.8, 4) is 5.82 Å². The van der Waals surface area contributed by atoms with E-state index < -0.39 is 35.3 Å². The third-order valence-corrected chi connectivity index (χ3v) is 5.15. The summed E-state index contributed by atoms with van der Waals surface area (Å²) in [5.74, 6) is -1.96. The summed E-state index contributed by atoms with van der Waals surface area (Å²) in [4.78, 5) is 20.6. The maximum Gasteiger partial charge on any atom is 0.434 e. The van der Waals surface area contributed by atoms with Gasteiger partial charge in [-0.05, 0) is 25.1 Å². The topological polar surface area (TPSA) is 86.3 Å². The van der Waals surface area contributed by atoms with Gasteiger partial charge in [0.25, 0.3) is 5.91 Å². The van der Waals surface area contributed by atoms with Crippen molar-refractivity contribution < 1.29 is 27.1 Å². The Morgan fingerprint density at radius 1 is 1.24 bits per heavy atom. The Labute approximate surface area is 188 Å². The molecule has 0 unspecified atom stereocenters. The fourth-order valence-corrected chi connectivity index (χ4v) is 3.55. The van der Waals surface area contributed by atoms with E-state index in [0.717, 1.165) is 22.7 Å². The number of hydrogen-bond acceptors (Lipinski definition) is 5. The molecule has 0 spiro atoms. The van der Waals surface area contributed by atoms with Crippen molar-refractivity contribution >= 4 is 28.8 Å². The summed E-state index contributed by atoms with van der Waals surface area (Å²) in [5, 5.41) is 6.26. The summed E-state index contributed by atoms with van der Waals surface area (Å²) in [6.07, 6.45) is -0.837. The van der Waals surface area contributed by atoms with Crippen LogP contribution in [0.25, 0.3) is 11.5 Å². The number of halogens is 5. The molecule has 4 aromatic rings. The number of amides is 1. The SMILES string of the molecule is CO[C@@H](C)c1ncc(NC(=O)c2cnn(-c3ccc(F)c4nccn34)c2C(F)(F)F)cc1Cl. The number of ether oxygens (including phenoxy) is 1. The first-order valence-corrected chi connectivity index (χ1v) is 9.76. The van der Waals surface area contributed by atoms with Crippen molar-refractivity contribution in [2.45, 2.75) is 19.2 Å². The van der Waals surface area contributed by atoms with Crippen LogP contribution in [0.1, 0.15) is 34.8 Å². The number of fused-ring (bicyclic) bond motifs is 1. The van der Waals surface area contributed by atoms with Crippen molar-refractivity contribution in [3.05, 3.63) is 70.8 Å². The number of imidazole rings is 1. The van der Waals surface area contributed by atoms with Gasteiger partial charge in [0.05, 0.1) is 40.5 Å². The van der Waals surface area contributed by atoms with Crippen LogP contribution >= 0.6 is 11.6 Å². The molecule has 0 aliphatic heterocycles. The van der Waals surface area contributed by atoms with Gasteiger partial charge in [-0.2, -0.15) is 18.3 Å². The summed E-state index contributed by atoms with van der Waals surface area (Å²) in [6.45, 7) is 1.71. The lowest BCUT2D eigenvalue weighted by Gasteiger charge is -2.15. The molecule has 0 fully saturated rings. The van der Waals surface area contributed by atoms with Crippen molar-refractivity contribution in [1.29, 1.82) is 0 Å². The van der Waals surface area contributed by atoms with Crippen LogP contribution in [0.2, 0.25) is 5.02 Å². The first kappa shape index (κ1) is 22.7. The number of alkyl halides is 3. The van der Waals surface area contributed by atoms with E-state index in [1.54, 1.807) is 6.92 Å². The fourth-order valence-electron chi connectivity index (χ4n) is 3.23. The van der Waals surface area contributed by atoms with Gasteiger partial charge in [-0.1, -0.05) is 11.6 Å². The molecular formula is C20H15ClF4N6O2. The van der Waals surface area contributed by atoms with Crippen LogP contribution in [-0.2, 0) is 10.9 Å². The molecule has 0 saturated carbocycles. The van der Waals surface area contributed by atoms with Crippen molar-refractivity contribution in [3.63, 3.8) is 0 Å². The Morgan fingerprint density at radius 3 is 2.67 bits per heavy atom. The molecule has 0 aromatic carbocycles. The normalized spacial score (nSPS) is 12.8. The van der Waals surface area contributed by atoms with E-state index in [4.69, 9.17) is 16.3 Å². The molecule has 4 aromatic heterocycles. The van der Waals surface area contributed by atoms with E-state index in [2.05, 4.69) is 20.4 Å². The lowest BCUT2D eigenvalue weighted by molar-refractivity contribution is -0.143. The third-order valence-electron chi connectivity index (χ3n) is 4.85. The third kappa shape index (κ3) is 4.14. The highest BCUT2D eigenvalue weighted by molar-refractivity contribution is 6.31. The second-order valence-electron chi connectivity index (χ2n) is 6.90. The minimum Gasteiger partial charge on any atom is -0.375 e. The zero-order valence-electron chi connectivity index (χ0n) is 17.1. The number of anilines is 1. The minimum atomic E-state index is -4.96. The highest BCUT2D eigenvalue weighted by Gasteiger charge is 2.41. The quantitative estimate of drug-likeness (QED) is 0.417. The number of carbonyl (C=O) groups excluding carboxylic acids is 1. The molecule has 33 heavy (non-hydrogen) atoms. The van der Waals surface area contributed by atoms with E-state index in [-0.39, 0.29) is 22.2 Å². The minimum absolute atomic E-state index is 0.0803. The monoisotopic (exact) mass is 482 g/mol. The molecule has 1 atom stereocenters. The predicted octanol–water partition coefficient (Wildman–Crippen LogP) is 4.69. The maximum atomic E-state index is 14.0. The van der Waals surface area contributed by atoms with Gasteiger partial charge >= 0.3 is 6.18 Å². The van der Waals surface area contributed by atoms with Crippen LogP contribution in [0.4, 0.5) is 23.2 Å². The second-order valence-corrected chi connectivity index (χ2v) is 7.31. The number of nitrogens with zero attached hydrogens (tertiary/aromatic N) is 5. The van der Waals surface area contributed by atoms with Crippen molar-refractivity contribution in [1.82, 2.24) is 24.1 Å². The lowest BCUT2D eigenvalue weighted by Crippen LogP contribution is -2.21. The summed E-state index contributed by atoms with van der Waals surface area (Å²) in [5.41, 5.74) is -1.79. The summed E-state index contributed by atoms with van der Waals surface area (Å²) >= 11 is 6.15. The van der Waals surface area contributed by atoms with Gasteiger partial charge in [-0.3, -0.25) is 14.2 Å². The molecule has 4 rings (SSSR count). The molecule has 1 amide bonds. The van der Waals surface area contributed by atoms with Crippen LogP contribution in [0, 0.1) is 5.82 Å². The van der Waals surface area contributed by atoms with E-state index in [1.165, 1.54) is 31.8 Å². The van der Waals surface area contributed by atoms with E-state index >= 15 is 0 Å². The Kier molecular flexibility index (Phi) is 5.80. The Bertz CT molecular complexity index is 1350. The van der Waals surface area contributed by atoms with Crippen LogP contribution in [0.15, 0.2) is 43.0 Å². The first-order chi connectivity index (χ1) is 15.6. The highest BCUT2D eigenvalue weighted by atomic mass is 35.5. The summed E-state index contributed by atoms with van der Waals surface area (Å²) < 4.78 is 62.6. The molecule has 0 aliphatic rings. The van der Waals surface area contributed by atoms with Crippen LogP contribution in [-0.4, -0.2) is 37.2 Å². The van der Waals surface area contributed by atoms with E-state index in [9.17, 15) is 22.4 Å². The van der Waals surface area contributed by atoms with Crippen molar-refractivity contribution in [2.24, 2.45) is 0 Å². The fraction of sp³-hybridized carbons (Fsp3) is 0.200. The smallest absolute Gasteiger partial charge is 0.375 e. The second kappa shape index (κ2) is 8.45. The number of carbonyl (C=O) groups is 1. The molecule has 0 saturated heterocycles. The Morgan fingerprint density at radius 2 is 2.00 bits per heavy atom. The Hall–Kier alpha value is -3.51. The lowest BCUT2D eigenvalue weighted by atomic mass is 10.2. The number of pyridine rings is 2. The number of aromatic nitrogens is 5. The van der Waals surface area contributed by atoms with Crippen LogP contribution in [0.5, 0.6) is 0 Å². The molecule has 0 radical (unpaired) electrons. The Balaban J connectivity index is 1.74. The van der Waals surface area contributed by atoms with Crippen LogP contribution < -0.4 is 5.32 Å². The van der Waals surface area contributed by atoms with Gasteiger partial charge in [0.2, 0.25) is 0 Å². The molecule has 8 nitrogen and oxygen atoms in total. The van der Waals surface area contributed by atoms with Gasteiger partial charge in [0, 0.05) is 19.5 Å². The number of methoxy groups -OCH3 is 1. The number of hydrogen-bond donors (Lipinski definition) is 1. The predicted molar refractivity (Wildman–Crippen MR) is 110 cm³/mol. The molecule has 0 aliphatic carbocycles. The van der Waals surface area contributed by atoms with E-state index in [1.807, 2.05) is 0 Å². The molecule has 13 heteroatoms. The van der Waals surface area contributed by atoms with E-state index in [0.29, 0.717) is 10.4 Å². The first-order valence-electron chi connectivity index (χ1n) is 9.38. The van der Waals surface area contributed by atoms with Gasteiger partial charge in [0.15, 0.2) is 17.2 Å². The zero-order valence-corrected chi connectivity index (χ0v) is 17.8. The van der Waals surface area contributed by atoms with Crippen molar-refractivity contribution in [2.75, 3.05) is 12.4 Å². The number of nitrogens with one attached hydrogen (secondary N) is 1. The number of rotatable bonds is 5. The largest absolute Gasteiger partial charge is 0.434 e. The molecule has 1 N–H and O–H groups in total. The molecule has 0 bridgehead atoms. The highest BCUT2D eigenvalue weighted by Crippen LogP contribution is 2.34. The average Bonchev–Trinajstić information content (AvgIpc) is 3.41. The van der Waals surface area contributed by atoms with Crippen LogP contribution in [0.3, 0.4) is 0 Å². The maximum absolute atomic E-state index is 14.0. The van der Waals surface area contributed by atoms with Gasteiger partial charge in [0.1, 0.15) is 5.82 Å². The standard InChI is InChI=1S/C20H15ClF4N6O2/c1-10(33-2)16-13(21)7-11(8-27-16)29-19(32)12-9-28-31(17(12)20(23,24)25)15-4-3-14(22)18-26-5-6-30(15)18/h3-10H,1-2H3,(H,29,32)/t10-/m0/s1. The molecule has 172 valence electrons. The zero-order chi connectivity index (χ0) is 23.9. The van der Waals surface area contributed by atoms with Gasteiger partial charge in [-0.25, -0.2) is 14.1 Å².